The third-order valence-electron chi connectivity index (χ3n) is 3.73. The summed E-state index contributed by atoms with van der Waals surface area (Å²) in [7, 11) is 0. The first-order valence-electron chi connectivity index (χ1n) is 6.14. The molecule has 2 saturated heterocycles. The van der Waals surface area contributed by atoms with E-state index >= 15 is 0 Å². The largest absolute Gasteiger partial charge is 0.339 e. The zero-order valence-corrected chi connectivity index (χ0v) is 10.2. The number of nitrogens with one attached hydrogen (secondary N) is 1. The average molecular weight is 221 g/mol. The number of hydrogen-bond donors (Lipinski definition) is 1. The lowest BCUT2D eigenvalue weighted by molar-refractivity contribution is 0.322. The van der Waals surface area contributed by atoms with Crippen LogP contribution in [0.2, 0.25) is 0 Å². The molecule has 1 aromatic rings. The monoisotopic (exact) mass is 221 g/mol. The van der Waals surface area contributed by atoms with Crippen molar-refractivity contribution in [1.29, 1.82) is 0 Å². The molecular formula is C12H19N3O. The van der Waals surface area contributed by atoms with E-state index in [1.54, 1.807) is 0 Å². The molecule has 4 nitrogen and oxygen atoms in total. The highest BCUT2D eigenvalue weighted by Crippen LogP contribution is 2.39. The summed E-state index contributed by atoms with van der Waals surface area (Å²) in [6, 6.07) is 1.25. The molecule has 2 aliphatic heterocycles. The molecule has 3 atom stereocenters. The summed E-state index contributed by atoms with van der Waals surface area (Å²) in [5.74, 6) is 2.11. The molecule has 3 unspecified atom stereocenters. The first-order chi connectivity index (χ1) is 7.54. The van der Waals surface area contributed by atoms with Crippen LogP contribution in [0.15, 0.2) is 4.52 Å². The van der Waals surface area contributed by atoms with Gasteiger partial charge in [-0.05, 0) is 19.3 Å². The first-order valence-corrected chi connectivity index (χ1v) is 6.14. The highest BCUT2D eigenvalue weighted by Gasteiger charge is 2.42. The third kappa shape index (κ3) is 1.56. The molecule has 2 bridgehead atoms. The molecular weight excluding hydrogens is 202 g/mol. The van der Waals surface area contributed by atoms with Gasteiger partial charge in [0.2, 0.25) is 5.89 Å². The third-order valence-corrected chi connectivity index (χ3v) is 3.73. The maximum atomic E-state index is 5.43. The van der Waals surface area contributed by atoms with Crippen LogP contribution < -0.4 is 5.32 Å². The minimum atomic E-state index is -0.0210. The van der Waals surface area contributed by atoms with E-state index in [0.29, 0.717) is 18.0 Å². The first kappa shape index (κ1) is 10.3. The van der Waals surface area contributed by atoms with Crippen molar-refractivity contribution in [2.24, 2.45) is 0 Å². The molecule has 3 heterocycles. The van der Waals surface area contributed by atoms with E-state index in [2.05, 4.69) is 36.2 Å². The standard InChI is InChI=1S/C12H19N3O/c1-12(2,3)11-14-10(16-15-11)8-6-7-4-5-9(8)13-7/h7-9,13H,4-6H2,1-3H3. The van der Waals surface area contributed by atoms with Gasteiger partial charge >= 0.3 is 0 Å². The smallest absolute Gasteiger partial charge is 0.231 e. The van der Waals surface area contributed by atoms with Crippen molar-refractivity contribution in [2.45, 2.75) is 63.5 Å². The minimum Gasteiger partial charge on any atom is -0.339 e. The summed E-state index contributed by atoms with van der Waals surface area (Å²) >= 11 is 0. The van der Waals surface area contributed by atoms with Crippen LogP contribution in [-0.4, -0.2) is 22.2 Å². The second-order valence-electron chi connectivity index (χ2n) is 6.10. The van der Waals surface area contributed by atoms with Gasteiger partial charge in [-0.2, -0.15) is 4.98 Å². The lowest BCUT2D eigenvalue weighted by Crippen LogP contribution is -2.22. The fraction of sp³-hybridized carbons (Fsp3) is 0.833. The van der Waals surface area contributed by atoms with E-state index in [9.17, 15) is 0 Å². The Labute approximate surface area is 95.8 Å². The van der Waals surface area contributed by atoms with Crippen LogP contribution in [0.4, 0.5) is 0 Å². The highest BCUT2D eigenvalue weighted by atomic mass is 16.5. The van der Waals surface area contributed by atoms with E-state index in [1.807, 2.05) is 0 Å². The van der Waals surface area contributed by atoms with Gasteiger partial charge in [-0.3, -0.25) is 0 Å². The predicted molar refractivity (Wildman–Crippen MR) is 60.3 cm³/mol. The van der Waals surface area contributed by atoms with Crippen LogP contribution in [-0.2, 0) is 5.41 Å². The lowest BCUT2D eigenvalue weighted by atomic mass is 9.89. The molecule has 88 valence electrons. The molecule has 0 spiro atoms. The Kier molecular flexibility index (Phi) is 2.11. The second-order valence-corrected chi connectivity index (χ2v) is 6.10. The van der Waals surface area contributed by atoms with Gasteiger partial charge in [0.15, 0.2) is 5.82 Å². The maximum Gasteiger partial charge on any atom is 0.231 e. The van der Waals surface area contributed by atoms with Crippen molar-refractivity contribution < 1.29 is 4.52 Å². The van der Waals surface area contributed by atoms with E-state index in [1.165, 1.54) is 12.8 Å². The Morgan fingerprint density at radius 3 is 2.62 bits per heavy atom. The average Bonchev–Trinajstić information content (AvgIpc) is 2.92. The molecule has 0 saturated carbocycles. The molecule has 3 rings (SSSR count). The molecule has 0 aliphatic carbocycles. The van der Waals surface area contributed by atoms with Gasteiger partial charge in [0, 0.05) is 17.5 Å². The molecule has 2 aliphatic rings. The molecule has 4 heteroatoms. The SMILES string of the molecule is CC(C)(C)c1noc(C2CC3CCC2N3)n1. The topological polar surface area (TPSA) is 51.0 Å². The fourth-order valence-corrected chi connectivity index (χ4v) is 2.79. The van der Waals surface area contributed by atoms with Crippen molar-refractivity contribution in [2.75, 3.05) is 0 Å². The van der Waals surface area contributed by atoms with Crippen LogP contribution in [0.25, 0.3) is 0 Å². The summed E-state index contributed by atoms with van der Waals surface area (Å²) in [5.41, 5.74) is -0.0210. The number of hydrogen-bond acceptors (Lipinski definition) is 4. The minimum absolute atomic E-state index is 0.0210. The summed E-state index contributed by atoms with van der Waals surface area (Å²) < 4.78 is 5.43. The Bertz CT molecular complexity index is 393. The summed E-state index contributed by atoms with van der Waals surface area (Å²) in [6.45, 7) is 6.34. The van der Waals surface area contributed by atoms with Crippen LogP contribution in [0.3, 0.4) is 0 Å². The highest BCUT2D eigenvalue weighted by molar-refractivity contribution is 5.11. The Hall–Kier alpha value is -0.900. The van der Waals surface area contributed by atoms with E-state index in [-0.39, 0.29) is 5.41 Å². The van der Waals surface area contributed by atoms with Crippen molar-refractivity contribution in [3.63, 3.8) is 0 Å². The Balaban J connectivity index is 1.83. The van der Waals surface area contributed by atoms with Crippen LogP contribution >= 0.6 is 0 Å². The van der Waals surface area contributed by atoms with Gasteiger partial charge in [-0.25, -0.2) is 0 Å². The summed E-state index contributed by atoms with van der Waals surface area (Å²) in [6.07, 6.45) is 3.72. The molecule has 1 N–H and O–H groups in total. The Morgan fingerprint density at radius 2 is 2.12 bits per heavy atom. The van der Waals surface area contributed by atoms with Gasteiger partial charge in [-0.15, -0.1) is 0 Å². The number of aromatic nitrogens is 2. The predicted octanol–water partition coefficient (Wildman–Crippen LogP) is 1.97. The van der Waals surface area contributed by atoms with Gasteiger partial charge in [0.05, 0.1) is 5.92 Å². The van der Waals surface area contributed by atoms with Crippen LogP contribution in [0, 0.1) is 0 Å². The molecule has 0 amide bonds. The molecule has 0 aromatic carbocycles. The number of rotatable bonds is 1. The van der Waals surface area contributed by atoms with Crippen molar-refractivity contribution in [1.82, 2.24) is 15.5 Å². The Morgan fingerprint density at radius 1 is 1.31 bits per heavy atom. The number of fused-ring (bicyclic) bond motifs is 2. The lowest BCUT2D eigenvalue weighted by Gasteiger charge is -2.15. The van der Waals surface area contributed by atoms with E-state index in [4.69, 9.17) is 4.52 Å². The number of nitrogens with zero attached hydrogens (tertiary/aromatic N) is 2. The van der Waals surface area contributed by atoms with Crippen LogP contribution in [0.1, 0.15) is 57.7 Å². The molecule has 2 fully saturated rings. The zero-order valence-electron chi connectivity index (χ0n) is 10.2. The molecule has 1 aromatic heterocycles. The van der Waals surface area contributed by atoms with Gasteiger partial charge in [0.25, 0.3) is 0 Å². The van der Waals surface area contributed by atoms with E-state index < -0.39 is 0 Å². The summed E-state index contributed by atoms with van der Waals surface area (Å²) in [4.78, 5) is 4.56. The maximum absolute atomic E-state index is 5.43. The van der Waals surface area contributed by atoms with Gasteiger partial charge < -0.3 is 9.84 Å². The molecule has 16 heavy (non-hydrogen) atoms. The van der Waals surface area contributed by atoms with Crippen molar-refractivity contribution in [3.05, 3.63) is 11.7 Å². The normalized spacial score (nSPS) is 33.6. The summed E-state index contributed by atoms with van der Waals surface area (Å²) in [5, 5.41) is 7.70. The second kappa shape index (κ2) is 3.29. The van der Waals surface area contributed by atoms with Gasteiger partial charge in [0.1, 0.15) is 0 Å². The van der Waals surface area contributed by atoms with Gasteiger partial charge in [-0.1, -0.05) is 25.9 Å². The molecule has 0 radical (unpaired) electrons. The zero-order chi connectivity index (χ0) is 11.3. The quantitative estimate of drug-likeness (QED) is 0.787. The fourth-order valence-electron chi connectivity index (χ4n) is 2.79. The van der Waals surface area contributed by atoms with E-state index in [0.717, 1.165) is 18.1 Å². The van der Waals surface area contributed by atoms with Crippen molar-refractivity contribution >= 4 is 0 Å². The van der Waals surface area contributed by atoms with Crippen LogP contribution in [0.5, 0.6) is 0 Å². The van der Waals surface area contributed by atoms with Crippen molar-refractivity contribution in [3.8, 4) is 0 Å².